The molecular weight excluding hydrogens is 146 g/mol. The molecule has 0 heterocycles. The summed E-state index contributed by atoms with van der Waals surface area (Å²) in [6.45, 7) is 13.0. The van der Waals surface area contributed by atoms with E-state index in [1.54, 1.807) is 0 Å². The van der Waals surface area contributed by atoms with E-state index in [0.29, 0.717) is 6.04 Å². The van der Waals surface area contributed by atoms with Gasteiger partial charge in [-0.3, -0.25) is 0 Å². The summed E-state index contributed by atoms with van der Waals surface area (Å²) >= 11 is 0. The molecule has 0 amide bonds. The molecule has 12 heavy (non-hydrogen) atoms. The molecule has 0 aromatic heterocycles. The summed E-state index contributed by atoms with van der Waals surface area (Å²) in [5, 5.41) is 0. The van der Waals surface area contributed by atoms with Crippen LogP contribution in [-0.2, 0) is 0 Å². The molecule has 0 spiro atoms. The van der Waals surface area contributed by atoms with Gasteiger partial charge in [0, 0.05) is 12.1 Å². The van der Waals surface area contributed by atoms with Gasteiger partial charge in [0.25, 0.3) is 0 Å². The first kappa shape index (κ1) is 14.5. The van der Waals surface area contributed by atoms with E-state index >= 15 is 0 Å². The zero-order valence-electron chi connectivity index (χ0n) is 10.0. The molecule has 0 N–H and O–H groups in total. The van der Waals surface area contributed by atoms with Crippen molar-refractivity contribution in [2.24, 2.45) is 0 Å². The minimum absolute atomic E-state index is 0.685. The zero-order chi connectivity index (χ0) is 10.1. The maximum atomic E-state index is 2.44. The smallest absolute Gasteiger partial charge is 0.00896 e. The van der Waals surface area contributed by atoms with E-state index in [-0.39, 0.29) is 0 Å². The molecule has 0 atom stereocenters. The molecule has 0 rings (SSSR count). The second kappa shape index (κ2) is 9.05. The van der Waals surface area contributed by atoms with Crippen LogP contribution in [0.15, 0.2) is 0 Å². The molecule has 0 unspecified atom stereocenters. The van der Waals surface area contributed by atoms with E-state index < -0.39 is 0 Å². The summed E-state index contributed by atoms with van der Waals surface area (Å²) in [5.74, 6) is 0. The summed E-state index contributed by atoms with van der Waals surface area (Å²) in [5.41, 5.74) is 0. The van der Waals surface area contributed by atoms with Gasteiger partial charge in [-0.05, 0) is 33.7 Å². The van der Waals surface area contributed by atoms with Crippen LogP contribution >= 0.6 is 0 Å². The number of hydrogen-bond acceptors (Lipinski definition) is 1. The van der Waals surface area contributed by atoms with Gasteiger partial charge >= 0.3 is 0 Å². The third kappa shape index (κ3) is 5.59. The third-order valence-corrected chi connectivity index (χ3v) is 2.33. The Hall–Kier alpha value is -0.0400. The van der Waals surface area contributed by atoms with Gasteiger partial charge in [-0.2, -0.15) is 0 Å². The Kier molecular flexibility index (Phi) is 10.9. The molecular formula is C11H27N. The molecule has 0 radical (unpaired) electrons. The van der Waals surface area contributed by atoms with E-state index in [4.69, 9.17) is 0 Å². The van der Waals surface area contributed by atoms with E-state index in [1.165, 1.54) is 12.8 Å². The minimum Gasteiger partial charge on any atom is -0.301 e. The van der Waals surface area contributed by atoms with Gasteiger partial charge in [0.2, 0.25) is 0 Å². The van der Waals surface area contributed by atoms with E-state index in [0.717, 1.165) is 6.04 Å². The average Bonchev–Trinajstić information content (AvgIpc) is 2.10. The van der Waals surface area contributed by atoms with Crippen LogP contribution in [0, 0.1) is 0 Å². The first-order chi connectivity index (χ1) is 5.63. The Bertz CT molecular complexity index is 75.1. The Morgan fingerprint density at radius 1 is 1.00 bits per heavy atom. The third-order valence-electron chi connectivity index (χ3n) is 2.33. The molecule has 1 nitrogen and oxygen atoms in total. The lowest BCUT2D eigenvalue weighted by Crippen LogP contribution is -2.36. The van der Waals surface area contributed by atoms with E-state index in [1.807, 2.05) is 13.8 Å². The predicted octanol–water partition coefficient (Wildman–Crippen LogP) is 3.54. The van der Waals surface area contributed by atoms with Crippen molar-refractivity contribution in [1.29, 1.82) is 0 Å². The van der Waals surface area contributed by atoms with Crippen LogP contribution in [0.25, 0.3) is 0 Å². The Morgan fingerprint density at radius 2 is 1.33 bits per heavy atom. The lowest BCUT2D eigenvalue weighted by molar-refractivity contribution is 0.185. The predicted molar refractivity (Wildman–Crippen MR) is 58.6 cm³/mol. The van der Waals surface area contributed by atoms with Gasteiger partial charge in [-0.1, -0.05) is 27.7 Å². The molecule has 1 heteroatoms. The summed E-state index contributed by atoms with van der Waals surface area (Å²) in [6, 6.07) is 1.46. The van der Waals surface area contributed by atoms with Gasteiger partial charge in [-0.25, -0.2) is 0 Å². The largest absolute Gasteiger partial charge is 0.301 e. The second-order valence-electron chi connectivity index (χ2n) is 3.23. The molecule has 76 valence electrons. The lowest BCUT2D eigenvalue weighted by Gasteiger charge is -2.29. The van der Waals surface area contributed by atoms with Crippen LogP contribution < -0.4 is 0 Å². The van der Waals surface area contributed by atoms with Crippen LogP contribution in [0.1, 0.15) is 54.4 Å². The SMILES string of the molecule is CC.CCC(CC)N(C)C(C)C. The molecule has 0 aliphatic heterocycles. The van der Waals surface area contributed by atoms with Gasteiger partial charge in [-0.15, -0.1) is 0 Å². The highest BCUT2D eigenvalue weighted by atomic mass is 15.1. The van der Waals surface area contributed by atoms with Crippen LogP contribution in [-0.4, -0.2) is 24.0 Å². The normalized spacial score (nSPS) is 10.5. The fourth-order valence-electron chi connectivity index (χ4n) is 1.29. The first-order valence-corrected chi connectivity index (χ1v) is 5.35. The Balaban J connectivity index is 0. The Morgan fingerprint density at radius 3 is 1.42 bits per heavy atom. The van der Waals surface area contributed by atoms with Crippen molar-refractivity contribution < 1.29 is 0 Å². The van der Waals surface area contributed by atoms with Crippen molar-refractivity contribution in [2.45, 2.75) is 66.5 Å². The molecule has 0 aliphatic rings. The van der Waals surface area contributed by atoms with Crippen LogP contribution in [0.5, 0.6) is 0 Å². The highest BCUT2D eigenvalue weighted by Gasteiger charge is 2.11. The van der Waals surface area contributed by atoms with Gasteiger partial charge in [0.15, 0.2) is 0 Å². The van der Waals surface area contributed by atoms with Crippen LogP contribution in [0.4, 0.5) is 0 Å². The Labute approximate surface area is 79.2 Å². The molecule has 0 saturated heterocycles. The van der Waals surface area contributed by atoms with Gasteiger partial charge in [0.05, 0.1) is 0 Å². The van der Waals surface area contributed by atoms with Crippen molar-refractivity contribution in [3.05, 3.63) is 0 Å². The molecule has 0 saturated carbocycles. The quantitative estimate of drug-likeness (QED) is 0.628. The molecule has 0 aromatic rings. The maximum absolute atomic E-state index is 2.44. The summed E-state index contributed by atoms with van der Waals surface area (Å²) in [4.78, 5) is 2.44. The van der Waals surface area contributed by atoms with Crippen LogP contribution in [0.2, 0.25) is 0 Å². The van der Waals surface area contributed by atoms with Crippen molar-refractivity contribution in [1.82, 2.24) is 4.90 Å². The summed E-state index contributed by atoms with van der Waals surface area (Å²) in [7, 11) is 2.21. The molecule has 0 aliphatic carbocycles. The summed E-state index contributed by atoms with van der Waals surface area (Å²) < 4.78 is 0. The van der Waals surface area contributed by atoms with Gasteiger partial charge < -0.3 is 4.90 Å². The fraction of sp³-hybridized carbons (Fsp3) is 1.00. The summed E-state index contributed by atoms with van der Waals surface area (Å²) in [6.07, 6.45) is 2.54. The zero-order valence-corrected chi connectivity index (χ0v) is 10.0. The topological polar surface area (TPSA) is 3.24 Å². The average molecular weight is 173 g/mol. The highest BCUT2D eigenvalue weighted by molar-refractivity contribution is 4.67. The first-order valence-electron chi connectivity index (χ1n) is 5.35. The molecule has 0 bridgehead atoms. The minimum atomic E-state index is 0.685. The number of rotatable bonds is 4. The molecule has 0 aromatic carbocycles. The maximum Gasteiger partial charge on any atom is 0.00896 e. The fourth-order valence-corrected chi connectivity index (χ4v) is 1.29. The van der Waals surface area contributed by atoms with Crippen molar-refractivity contribution >= 4 is 0 Å². The molecule has 0 fully saturated rings. The van der Waals surface area contributed by atoms with E-state index in [2.05, 4.69) is 39.6 Å². The standard InChI is InChI=1S/C9H21N.C2H6/c1-6-9(7-2)10(5)8(3)4;1-2/h8-9H,6-7H2,1-5H3;1-2H3. The second-order valence-corrected chi connectivity index (χ2v) is 3.23. The van der Waals surface area contributed by atoms with Crippen LogP contribution in [0.3, 0.4) is 0 Å². The number of nitrogens with zero attached hydrogens (tertiary/aromatic N) is 1. The number of hydrogen-bond donors (Lipinski definition) is 0. The van der Waals surface area contributed by atoms with Crippen molar-refractivity contribution in [3.63, 3.8) is 0 Å². The monoisotopic (exact) mass is 173 g/mol. The van der Waals surface area contributed by atoms with Crippen molar-refractivity contribution in [3.8, 4) is 0 Å². The lowest BCUT2D eigenvalue weighted by atomic mass is 10.1. The highest BCUT2D eigenvalue weighted by Crippen LogP contribution is 2.08. The van der Waals surface area contributed by atoms with Crippen molar-refractivity contribution in [2.75, 3.05) is 7.05 Å². The van der Waals surface area contributed by atoms with E-state index in [9.17, 15) is 0 Å². The van der Waals surface area contributed by atoms with Gasteiger partial charge in [0.1, 0.15) is 0 Å².